The van der Waals surface area contributed by atoms with E-state index in [0.717, 1.165) is 11.5 Å². The standard InChI is InChI=1S/C16H23NO4/c1-9(2)15(16(19)20)17-14(18)7-5-11-4-6-13(21-11)12-8-10(12)3/h4,6,9-10,12,15H,5,7-8H2,1-3H3,(H,17,18)(H,19,20). The maximum absolute atomic E-state index is 11.8. The van der Waals surface area contributed by atoms with Crippen molar-refractivity contribution >= 4 is 11.9 Å². The molecule has 0 bridgehead atoms. The Labute approximate surface area is 124 Å². The van der Waals surface area contributed by atoms with Gasteiger partial charge in [-0.05, 0) is 30.4 Å². The molecule has 116 valence electrons. The summed E-state index contributed by atoms with van der Waals surface area (Å²) in [5.74, 6) is 1.62. The van der Waals surface area contributed by atoms with Crippen molar-refractivity contribution in [2.45, 2.75) is 52.0 Å². The van der Waals surface area contributed by atoms with Crippen molar-refractivity contribution in [3.05, 3.63) is 23.7 Å². The number of hydrogen-bond donors (Lipinski definition) is 2. The normalized spacial score (nSPS) is 22.1. The van der Waals surface area contributed by atoms with E-state index in [9.17, 15) is 9.59 Å². The summed E-state index contributed by atoms with van der Waals surface area (Å²) in [6.45, 7) is 5.74. The van der Waals surface area contributed by atoms with Crippen LogP contribution in [-0.4, -0.2) is 23.0 Å². The van der Waals surface area contributed by atoms with Gasteiger partial charge in [-0.1, -0.05) is 20.8 Å². The van der Waals surface area contributed by atoms with Gasteiger partial charge < -0.3 is 14.8 Å². The fourth-order valence-electron chi connectivity index (χ4n) is 2.44. The summed E-state index contributed by atoms with van der Waals surface area (Å²) < 4.78 is 5.73. The first kappa shape index (κ1) is 15.6. The lowest BCUT2D eigenvalue weighted by Crippen LogP contribution is -2.44. The first-order valence-corrected chi connectivity index (χ1v) is 7.49. The van der Waals surface area contributed by atoms with Crippen molar-refractivity contribution in [3.63, 3.8) is 0 Å². The Kier molecular flexibility index (Phi) is 4.70. The minimum Gasteiger partial charge on any atom is -0.480 e. The maximum atomic E-state index is 11.8. The molecular formula is C16H23NO4. The third-order valence-corrected chi connectivity index (χ3v) is 4.01. The molecule has 5 nitrogen and oxygen atoms in total. The maximum Gasteiger partial charge on any atom is 0.326 e. The molecular weight excluding hydrogens is 270 g/mol. The Bertz CT molecular complexity index is 520. The Morgan fingerprint density at radius 1 is 1.43 bits per heavy atom. The van der Waals surface area contributed by atoms with Crippen LogP contribution in [0, 0.1) is 11.8 Å². The molecule has 1 aliphatic carbocycles. The second-order valence-electron chi connectivity index (χ2n) is 6.25. The first-order chi connectivity index (χ1) is 9.88. The van der Waals surface area contributed by atoms with Gasteiger partial charge in [0.15, 0.2) is 0 Å². The van der Waals surface area contributed by atoms with Crippen LogP contribution in [0.4, 0.5) is 0 Å². The van der Waals surface area contributed by atoms with Gasteiger partial charge in [0.05, 0.1) is 0 Å². The molecule has 0 aliphatic heterocycles. The summed E-state index contributed by atoms with van der Waals surface area (Å²) in [6, 6.07) is 3.05. The Balaban J connectivity index is 1.80. The van der Waals surface area contributed by atoms with Gasteiger partial charge in [0, 0.05) is 18.8 Å². The van der Waals surface area contributed by atoms with Gasteiger partial charge >= 0.3 is 5.97 Å². The molecule has 3 unspecified atom stereocenters. The summed E-state index contributed by atoms with van der Waals surface area (Å²) in [5.41, 5.74) is 0. The molecule has 1 saturated carbocycles. The summed E-state index contributed by atoms with van der Waals surface area (Å²) in [6.07, 6.45) is 1.91. The molecule has 1 aromatic heterocycles. The van der Waals surface area contributed by atoms with Crippen molar-refractivity contribution in [2.75, 3.05) is 0 Å². The van der Waals surface area contributed by atoms with E-state index in [1.807, 2.05) is 12.1 Å². The molecule has 2 N–H and O–H groups in total. The fraction of sp³-hybridized carbons (Fsp3) is 0.625. The fourth-order valence-corrected chi connectivity index (χ4v) is 2.44. The third-order valence-electron chi connectivity index (χ3n) is 4.01. The van der Waals surface area contributed by atoms with Gasteiger partial charge in [-0.3, -0.25) is 4.79 Å². The molecule has 1 fully saturated rings. The van der Waals surface area contributed by atoms with Crippen LogP contribution >= 0.6 is 0 Å². The van der Waals surface area contributed by atoms with Crippen LogP contribution in [0.5, 0.6) is 0 Å². The van der Waals surface area contributed by atoms with Crippen LogP contribution in [-0.2, 0) is 16.0 Å². The Morgan fingerprint density at radius 2 is 2.10 bits per heavy atom. The summed E-state index contributed by atoms with van der Waals surface area (Å²) in [4.78, 5) is 22.9. The van der Waals surface area contributed by atoms with Crippen LogP contribution in [0.2, 0.25) is 0 Å². The zero-order valence-electron chi connectivity index (χ0n) is 12.8. The van der Waals surface area contributed by atoms with Crippen LogP contribution in [0.1, 0.15) is 51.1 Å². The molecule has 0 spiro atoms. The molecule has 2 rings (SSSR count). The molecule has 1 amide bonds. The van der Waals surface area contributed by atoms with Gasteiger partial charge in [0.1, 0.15) is 17.6 Å². The average molecular weight is 293 g/mol. The Hall–Kier alpha value is -1.78. The van der Waals surface area contributed by atoms with E-state index in [0.29, 0.717) is 18.3 Å². The van der Waals surface area contributed by atoms with Gasteiger partial charge in [-0.25, -0.2) is 4.79 Å². The van der Waals surface area contributed by atoms with Crippen molar-refractivity contribution in [2.24, 2.45) is 11.8 Å². The molecule has 0 saturated heterocycles. The van der Waals surface area contributed by atoms with Crippen LogP contribution in [0.15, 0.2) is 16.5 Å². The van der Waals surface area contributed by atoms with E-state index in [-0.39, 0.29) is 18.2 Å². The number of hydrogen-bond acceptors (Lipinski definition) is 3. The zero-order chi connectivity index (χ0) is 15.6. The predicted octanol–water partition coefficient (Wildman–Crippen LogP) is 2.56. The summed E-state index contributed by atoms with van der Waals surface area (Å²) >= 11 is 0. The number of amides is 1. The minimum absolute atomic E-state index is 0.141. The van der Waals surface area contributed by atoms with Gasteiger partial charge in [-0.2, -0.15) is 0 Å². The van der Waals surface area contributed by atoms with E-state index in [4.69, 9.17) is 9.52 Å². The van der Waals surface area contributed by atoms with E-state index >= 15 is 0 Å². The molecule has 1 aromatic rings. The molecule has 0 aromatic carbocycles. The molecule has 0 radical (unpaired) electrons. The van der Waals surface area contributed by atoms with E-state index in [1.54, 1.807) is 13.8 Å². The van der Waals surface area contributed by atoms with Crippen molar-refractivity contribution < 1.29 is 19.1 Å². The number of rotatable bonds is 7. The molecule has 5 heteroatoms. The topological polar surface area (TPSA) is 79.5 Å². The molecule has 1 heterocycles. The lowest BCUT2D eigenvalue weighted by atomic mass is 10.0. The van der Waals surface area contributed by atoms with Gasteiger partial charge in [-0.15, -0.1) is 0 Å². The summed E-state index contributed by atoms with van der Waals surface area (Å²) in [5, 5.41) is 11.6. The zero-order valence-corrected chi connectivity index (χ0v) is 12.8. The van der Waals surface area contributed by atoms with Gasteiger partial charge in [0.2, 0.25) is 5.91 Å². The quantitative estimate of drug-likeness (QED) is 0.809. The number of carbonyl (C=O) groups excluding carboxylic acids is 1. The van der Waals surface area contributed by atoms with Crippen LogP contribution in [0.3, 0.4) is 0 Å². The lowest BCUT2D eigenvalue weighted by molar-refractivity contribution is -0.143. The highest BCUT2D eigenvalue weighted by molar-refractivity contribution is 5.83. The van der Waals surface area contributed by atoms with Gasteiger partial charge in [0.25, 0.3) is 0 Å². The Morgan fingerprint density at radius 3 is 2.62 bits per heavy atom. The van der Waals surface area contributed by atoms with Crippen molar-refractivity contribution in [1.29, 1.82) is 0 Å². The van der Waals surface area contributed by atoms with E-state index in [2.05, 4.69) is 12.2 Å². The summed E-state index contributed by atoms with van der Waals surface area (Å²) in [7, 11) is 0. The molecule has 3 atom stereocenters. The molecule has 1 aliphatic rings. The van der Waals surface area contributed by atoms with E-state index < -0.39 is 12.0 Å². The second kappa shape index (κ2) is 6.33. The number of carboxylic acids is 1. The van der Waals surface area contributed by atoms with Crippen molar-refractivity contribution in [3.8, 4) is 0 Å². The molecule has 21 heavy (non-hydrogen) atoms. The smallest absolute Gasteiger partial charge is 0.326 e. The largest absolute Gasteiger partial charge is 0.480 e. The number of aliphatic carboxylic acids is 1. The monoisotopic (exact) mass is 293 g/mol. The lowest BCUT2D eigenvalue weighted by Gasteiger charge is -2.17. The van der Waals surface area contributed by atoms with E-state index in [1.165, 1.54) is 6.42 Å². The highest BCUT2D eigenvalue weighted by Gasteiger charge is 2.36. The van der Waals surface area contributed by atoms with Crippen LogP contribution in [0.25, 0.3) is 0 Å². The number of carbonyl (C=O) groups is 2. The second-order valence-corrected chi connectivity index (χ2v) is 6.25. The average Bonchev–Trinajstić information content (AvgIpc) is 2.96. The number of aryl methyl sites for hydroxylation is 1. The number of nitrogens with one attached hydrogen (secondary N) is 1. The van der Waals surface area contributed by atoms with Crippen molar-refractivity contribution in [1.82, 2.24) is 5.32 Å². The van der Waals surface area contributed by atoms with Crippen LogP contribution < -0.4 is 5.32 Å². The number of furan rings is 1. The predicted molar refractivity (Wildman–Crippen MR) is 78.0 cm³/mol. The SMILES string of the molecule is CC(C)C(NC(=O)CCc1ccc(C2CC2C)o1)C(=O)O. The third kappa shape index (κ3) is 4.09. The number of carboxylic acid groups (broad SMARTS) is 1. The highest BCUT2D eigenvalue weighted by atomic mass is 16.4. The highest BCUT2D eigenvalue weighted by Crippen LogP contribution is 2.47. The minimum atomic E-state index is -0.999. The first-order valence-electron chi connectivity index (χ1n) is 7.49.